The van der Waals surface area contributed by atoms with Gasteiger partial charge < -0.3 is 5.32 Å². The van der Waals surface area contributed by atoms with E-state index in [1.165, 1.54) is 0 Å². The van der Waals surface area contributed by atoms with Crippen LogP contribution >= 0.6 is 0 Å². The molecule has 1 amide bonds. The summed E-state index contributed by atoms with van der Waals surface area (Å²) in [5.74, 6) is 0.0723. The Morgan fingerprint density at radius 3 is 2.70 bits per heavy atom. The van der Waals surface area contributed by atoms with Gasteiger partial charge in [-0.2, -0.15) is 0 Å². The second-order valence-corrected chi connectivity index (χ2v) is 4.97. The summed E-state index contributed by atoms with van der Waals surface area (Å²) in [7, 11) is 0. The van der Waals surface area contributed by atoms with Crippen molar-refractivity contribution in [3.8, 4) is 0 Å². The maximum atomic E-state index is 11.6. The van der Waals surface area contributed by atoms with Gasteiger partial charge in [0.25, 0.3) is 0 Å². The van der Waals surface area contributed by atoms with Crippen molar-refractivity contribution in [2.75, 3.05) is 39.3 Å². The van der Waals surface area contributed by atoms with Crippen molar-refractivity contribution < 1.29 is 4.79 Å². The predicted molar refractivity (Wildman–Crippen MR) is 79.2 cm³/mol. The number of piperazine rings is 1. The smallest absolute Gasteiger partial charge is 0.234 e. The van der Waals surface area contributed by atoms with Crippen molar-refractivity contribution in [3.05, 3.63) is 42.7 Å². The summed E-state index contributed by atoms with van der Waals surface area (Å²) in [4.78, 5) is 20.5. The zero-order valence-electron chi connectivity index (χ0n) is 11.8. The highest BCUT2D eigenvalue weighted by molar-refractivity contribution is 5.78. The Balaban J connectivity index is 1.70. The Bertz CT molecular complexity index is 427. The summed E-state index contributed by atoms with van der Waals surface area (Å²) in [5.41, 5.74) is 1.10. The highest BCUT2D eigenvalue weighted by Gasteiger charge is 2.18. The fraction of sp³-hybridized carbons (Fsp3) is 0.467. The molecule has 2 heterocycles. The van der Waals surface area contributed by atoms with Crippen LogP contribution in [0.5, 0.6) is 0 Å². The molecule has 108 valence electrons. The first-order chi connectivity index (χ1) is 9.78. The molecule has 1 aliphatic rings. The second kappa shape index (κ2) is 7.77. The summed E-state index contributed by atoms with van der Waals surface area (Å²) in [6, 6.07) is 6.00. The van der Waals surface area contributed by atoms with Crippen LogP contribution in [0.15, 0.2) is 37.1 Å². The Hall–Kier alpha value is -1.72. The molecule has 0 aromatic carbocycles. The van der Waals surface area contributed by atoms with Gasteiger partial charge in [0.2, 0.25) is 5.91 Å². The summed E-state index contributed by atoms with van der Waals surface area (Å²) < 4.78 is 0. The number of carbonyl (C=O) groups excluding carboxylic acids is 1. The minimum Gasteiger partial charge on any atom is -0.352 e. The minimum atomic E-state index is 0.0723. The molecule has 20 heavy (non-hydrogen) atoms. The molecular weight excluding hydrogens is 252 g/mol. The monoisotopic (exact) mass is 274 g/mol. The number of amides is 1. The summed E-state index contributed by atoms with van der Waals surface area (Å²) in [5, 5.41) is 2.81. The van der Waals surface area contributed by atoms with Crippen LogP contribution in [0, 0.1) is 0 Å². The average Bonchev–Trinajstić information content (AvgIpc) is 2.48. The van der Waals surface area contributed by atoms with Crippen LogP contribution in [0.25, 0.3) is 0 Å². The number of rotatable bonds is 6. The molecule has 1 saturated heterocycles. The van der Waals surface area contributed by atoms with Crippen LogP contribution in [0.2, 0.25) is 0 Å². The zero-order valence-corrected chi connectivity index (χ0v) is 11.8. The first-order valence-corrected chi connectivity index (χ1v) is 7.00. The molecule has 0 aliphatic carbocycles. The normalized spacial score (nSPS) is 16.8. The largest absolute Gasteiger partial charge is 0.352 e. The molecular formula is C15H22N4O. The van der Waals surface area contributed by atoms with E-state index >= 15 is 0 Å². The number of hydrogen-bond acceptors (Lipinski definition) is 4. The highest BCUT2D eigenvalue weighted by Crippen LogP contribution is 2.06. The fourth-order valence-corrected chi connectivity index (χ4v) is 2.27. The Morgan fingerprint density at radius 2 is 2.05 bits per heavy atom. The molecule has 2 rings (SSSR count). The minimum absolute atomic E-state index is 0.0723. The van der Waals surface area contributed by atoms with Gasteiger partial charge in [-0.15, -0.1) is 6.58 Å². The van der Waals surface area contributed by atoms with Crippen molar-refractivity contribution in [2.45, 2.75) is 6.54 Å². The van der Waals surface area contributed by atoms with E-state index in [0.717, 1.165) is 38.4 Å². The first kappa shape index (κ1) is 14.7. The molecule has 0 spiro atoms. The summed E-state index contributed by atoms with van der Waals surface area (Å²) in [6.07, 6.45) is 3.53. The molecule has 1 N–H and O–H groups in total. The topological polar surface area (TPSA) is 48.5 Å². The molecule has 5 heteroatoms. The quantitative estimate of drug-likeness (QED) is 0.768. The van der Waals surface area contributed by atoms with Gasteiger partial charge in [-0.05, 0) is 12.1 Å². The molecule has 0 saturated carbocycles. The zero-order chi connectivity index (χ0) is 14.2. The fourth-order valence-electron chi connectivity index (χ4n) is 2.27. The molecule has 0 bridgehead atoms. The number of hydrogen-bond donors (Lipinski definition) is 1. The van der Waals surface area contributed by atoms with Crippen molar-refractivity contribution in [1.29, 1.82) is 0 Å². The standard InChI is InChI=1S/C15H22N4O/c1-2-6-17-15(20)13-19-10-8-18(9-11-19)12-14-5-3-4-7-16-14/h2-5,7H,1,6,8-13H2,(H,17,20). The third-order valence-electron chi connectivity index (χ3n) is 3.39. The van der Waals surface area contributed by atoms with Crippen LogP contribution in [-0.2, 0) is 11.3 Å². The van der Waals surface area contributed by atoms with Crippen LogP contribution in [0.1, 0.15) is 5.69 Å². The van der Waals surface area contributed by atoms with Gasteiger partial charge in [-0.1, -0.05) is 12.1 Å². The summed E-state index contributed by atoms with van der Waals surface area (Å²) in [6.45, 7) is 9.30. The third-order valence-corrected chi connectivity index (χ3v) is 3.39. The molecule has 1 aromatic rings. The van der Waals surface area contributed by atoms with Gasteiger partial charge in [0.15, 0.2) is 0 Å². The number of aromatic nitrogens is 1. The Morgan fingerprint density at radius 1 is 1.30 bits per heavy atom. The van der Waals surface area contributed by atoms with Crippen LogP contribution in [0.3, 0.4) is 0 Å². The molecule has 0 unspecified atom stereocenters. The lowest BCUT2D eigenvalue weighted by atomic mass is 10.2. The van der Waals surface area contributed by atoms with Gasteiger partial charge in [0.05, 0.1) is 12.2 Å². The van der Waals surface area contributed by atoms with Gasteiger partial charge in [-0.3, -0.25) is 19.6 Å². The second-order valence-electron chi connectivity index (χ2n) is 4.97. The first-order valence-electron chi connectivity index (χ1n) is 7.00. The molecule has 1 fully saturated rings. The maximum Gasteiger partial charge on any atom is 0.234 e. The molecule has 0 atom stereocenters. The van der Waals surface area contributed by atoms with E-state index < -0.39 is 0 Å². The van der Waals surface area contributed by atoms with Gasteiger partial charge in [0.1, 0.15) is 0 Å². The van der Waals surface area contributed by atoms with Crippen LogP contribution in [-0.4, -0.2) is 60.0 Å². The predicted octanol–water partition coefficient (Wildman–Crippen LogP) is 0.501. The number of nitrogens with one attached hydrogen (secondary N) is 1. The SMILES string of the molecule is C=CCNC(=O)CN1CCN(Cc2ccccn2)CC1. The van der Waals surface area contributed by atoms with E-state index in [2.05, 4.69) is 32.7 Å². The van der Waals surface area contributed by atoms with E-state index in [1.807, 2.05) is 18.3 Å². The van der Waals surface area contributed by atoms with Gasteiger partial charge >= 0.3 is 0 Å². The van der Waals surface area contributed by atoms with E-state index in [0.29, 0.717) is 13.1 Å². The Labute approximate surface area is 120 Å². The van der Waals surface area contributed by atoms with Crippen molar-refractivity contribution in [3.63, 3.8) is 0 Å². The van der Waals surface area contributed by atoms with E-state index in [1.54, 1.807) is 6.08 Å². The molecule has 1 aliphatic heterocycles. The molecule has 0 radical (unpaired) electrons. The summed E-state index contributed by atoms with van der Waals surface area (Å²) >= 11 is 0. The Kier molecular flexibility index (Phi) is 5.70. The van der Waals surface area contributed by atoms with Crippen molar-refractivity contribution >= 4 is 5.91 Å². The molecule has 5 nitrogen and oxygen atoms in total. The van der Waals surface area contributed by atoms with E-state index in [-0.39, 0.29) is 5.91 Å². The molecule has 1 aromatic heterocycles. The highest BCUT2D eigenvalue weighted by atomic mass is 16.2. The number of carbonyl (C=O) groups is 1. The van der Waals surface area contributed by atoms with Crippen LogP contribution < -0.4 is 5.32 Å². The number of pyridine rings is 1. The van der Waals surface area contributed by atoms with Crippen LogP contribution in [0.4, 0.5) is 0 Å². The lowest BCUT2D eigenvalue weighted by Crippen LogP contribution is -2.49. The average molecular weight is 274 g/mol. The van der Waals surface area contributed by atoms with Gasteiger partial charge in [-0.25, -0.2) is 0 Å². The van der Waals surface area contributed by atoms with E-state index in [4.69, 9.17) is 0 Å². The third kappa shape index (κ3) is 4.75. The van der Waals surface area contributed by atoms with E-state index in [9.17, 15) is 4.79 Å². The van der Waals surface area contributed by atoms with Gasteiger partial charge in [0, 0.05) is 45.5 Å². The lowest BCUT2D eigenvalue weighted by molar-refractivity contribution is -0.122. The van der Waals surface area contributed by atoms with Crippen molar-refractivity contribution in [1.82, 2.24) is 20.1 Å². The van der Waals surface area contributed by atoms with Crippen molar-refractivity contribution in [2.24, 2.45) is 0 Å². The lowest BCUT2D eigenvalue weighted by Gasteiger charge is -2.34. The maximum absolute atomic E-state index is 11.6. The number of nitrogens with zero attached hydrogens (tertiary/aromatic N) is 3.